The molecule has 2 atom stereocenters. The van der Waals surface area contributed by atoms with Gasteiger partial charge in [-0.25, -0.2) is 9.37 Å². The zero-order valence-corrected chi connectivity index (χ0v) is 24.6. The molecule has 0 saturated carbocycles. The fourth-order valence-corrected chi connectivity index (χ4v) is 5.72. The lowest BCUT2D eigenvalue weighted by Gasteiger charge is -2.31. The highest BCUT2D eigenvalue weighted by Gasteiger charge is 2.57. The number of fused-ring (bicyclic) bond motifs is 2. The molecular formula is C32H34F4N2O6. The van der Waals surface area contributed by atoms with Crippen LogP contribution in [0.4, 0.5) is 17.6 Å². The van der Waals surface area contributed by atoms with Gasteiger partial charge in [-0.2, -0.15) is 13.2 Å². The molecule has 2 N–H and O–H groups in total. The maximum atomic E-state index is 14.8. The summed E-state index contributed by atoms with van der Waals surface area (Å²) >= 11 is 0. The number of carbonyl (C=O) groups excluding carboxylic acids is 1. The molecule has 3 aromatic rings. The number of benzene rings is 2. The molecule has 1 aromatic heterocycles. The first-order chi connectivity index (χ1) is 21.0. The number of ketones is 1. The summed E-state index contributed by atoms with van der Waals surface area (Å²) in [6.07, 6.45) is -4.80. The lowest BCUT2D eigenvalue weighted by atomic mass is 9.84. The van der Waals surface area contributed by atoms with Crippen molar-refractivity contribution >= 4 is 5.78 Å². The third kappa shape index (κ3) is 5.68. The highest BCUT2D eigenvalue weighted by atomic mass is 19.4. The maximum Gasteiger partial charge on any atom is 0.422 e. The quantitative estimate of drug-likeness (QED) is 0.197. The molecule has 0 bridgehead atoms. The van der Waals surface area contributed by atoms with Crippen molar-refractivity contribution in [3.63, 3.8) is 0 Å². The number of hydrogen-bond acceptors (Lipinski definition) is 8. The number of nitrogens with one attached hydrogen (secondary N) is 1. The smallest absolute Gasteiger partial charge is 0.422 e. The zero-order chi connectivity index (χ0) is 31.7. The second-order valence-corrected chi connectivity index (χ2v) is 11.0. The molecule has 1 fully saturated rings. The summed E-state index contributed by atoms with van der Waals surface area (Å²) in [7, 11) is 2.75. The van der Waals surface area contributed by atoms with E-state index >= 15 is 0 Å². The van der Waals surface area contributed by atoms with Gasteiger partial charge in [-0.3, -0.25) is 4.79 Å². The first-order valence-electron chi connectivity index (χ1n) is 14.4. The number of hydrogen-bond donors (Lipinski definition) is 2. The summed E-state index contributed by atoms with van der Waals surface area (Å²) in [5.74, 6) is -0.285. The predicted molar refractivity (Wildman–Crippen MR) is 153 cm³/mol. The van der Waals surface area contributed by atoms with Gasteiger partial charge in [0, 0.05) is 23.1 Å². The van der Waals surface area contributed by atoms with Crippen molar-refractivity contribution in [2.75, 3.05) is 34.0 Å². The summed E-state index contributed by atoms with van der Waals surface area (Å²) in [6.45, 7) is 3.08. The molecule has 0 amide bonds. The van der Waals surface area contributed by atoms with Crippen molar-refractivity contribution in [3.05, 3.63) is 65.1 Å². The third-order valence-corrected chi connectivity index (χ3v) is 8.15. The van der Waals surface area contributed by atoms with Gasteiger partial charge in [0.25, 0.3) is 0 Å². The van der Waals surface area contributed by atoms with Gasteiger partial charge < -0.3 is 29.4 Å². The Morgan fingerprint density at radius 1 is 1.11 bits per heavy atom. The summed E-state index contributed by atoms with van der Waals surface area (Å²) in [6, 6.07) is 9.09. The molecule has 44 heavy (non-hydrogen) atoms. The van der Waals surface area contributed by atoms with Crippen molar-refractivity contribution in [2.45, 2.75) is 56.3 Å². The second kappa shape index (κ2) is 12.2. The highest BCUT2D eigenvalue weighted by molar-refractivity contribution is 5.97. The molecular weight excluding hydrogens is 584 g/mol. The van der Waals surface area contributed by atoms with Gasteiger partial charge in [-0.15, -0.1) is 0 Å². The Hall–Kier alpha value is -3.90. The molecule has 0 aliphatic carbocycles. The summed E-state index contributed by atoms with van der Waals surface area (Å²) < 4.78 is 80.5. The van der Waals surface area contributed by atoms with E-state index in [4.69, 9.17) is 18.9 Å². The van der Waals surface area contributed by atoms with E-state index in [-0.39, 0.29) is 40.9 Å². The van der Waals surface area contributed by atoms with Crippen molar-refractivity contribution in [1.29, 1.82) is 0 Å². The molecule has 2 unspecified atom stereocenters. The number of rotatable bonds is 11. The average molecular weight is 619 g/mol. The molecule has 1 saturated heterocycles. The average Bonchev–Trinajstić information content (AvgIpc) is 3.64. The van der Waals surface area contributed by atoms with E-state index in [0.29, 0.717) is 37.1 Å². The van der Waals surface area contributed by atoms with Crippen LogP contribution in [0.5, 0.6) is 23.0 Å². The van der Waals surface area contributed by atoms with Crippen molar-refractivity contribution in [1.82, 2.24) is 10.3 Å². The lowest BCUT2D eigenvalue weighted by Crippen LogP contribution is -2.44. The summed E-state index contributed by atoms with van der Waals surface area (Å²) in [5.41, 5.74) is -4.08. The Morgan fingerprint density at radius 2 is 1.80 bits per heavy atom. The Balaban J connectivity index is 1.54. The second-order valence-electron chi connectivity index (χ2n) is 11.0. The zero-order valence-electron chi connectivity index (χ0n) is 24.6. The molecule has 3 heterocycles. The number of carbonyl (C=O) groups is 1. The number of methoxy groups -OCH3 is 2. The van der Waals surface area contributed by atoms with Crippen LogP contribution in [0.1, 0.15) is 60.6 Å². The van der Waals surface area contributed by atoms with Crippen molar-refractivity contribution in [2.24, 2.45) is 0 Å². The van der Waals surface area contributed by atoms with E-state index in [0.717, 1.165) is 6.42 Å². The summed E-state index contributed by atoms with van der Waals surface area (Å²) in [5, 5.41) is 14.7. The topological polar surface area (TPSA) is 99.1 Å². The van der Waals surface area contributed by atoms with E-state index in [1.807, 2.05) is 6.92 Å². The maximum absolute atomic E-state index is 14.8. The minimum absolute atomic E-state index is 0.0310. The largest absolute Gasteiger partial charge is 0.493 e. The Kier molecular flexibility index (Phi) is 8.77. The summed E-state index contributed by atoms with van der Waals surface area (Å²) in [4.78, 5) is 17.6. The molecule has 2 aliphatic heterocycles. The van der Waals surface area contributed by atoms with Crippen LogP contribution in [-0.4, -0.2) is 56.0 Å². The number of ether oxygens (including phenoxy) is 4. The molecule has 12 heteroatoms. The van der Waals surface area contributed by atoms with E-state index in [9.17, 15) is 27.5 Å². The fraction of sp³-hybridized carbons (Fsp3) is 0.438. The van der Waals surface area contributed by atoms with E-state index in [1.165, 1.54) is 56.7 Å². The molecule has 236 valence electrons. The van der Waals surface area contributed by atoms with E-state index < -0.39 is 47.5 Å². The van der Waals surface area contributed by atoms with Crippen LogP contribution in [0.2, 0.25) is 0 Å². The van der Waals surface area contributed by atoms with Crippen LogP contribution in [0, 0.1) is 5.82 Å². The SMILES string of the molecule is CCCOc1c(OC)cc(C(=O)CCC(O)(c2cc3c(c(-c4ccc(F)cc4)n2)OCC32CCCN2)C(F)(F)F)cc1OC. The molecule has 5 rings (SSSR count). The first-order valence-corrected chi connectivity index (χ1v) is 14.4. The predicted octanol–water partition coefficient (Wildman–Crippen LogP) is 6.08. The van der Waals surface area contributed by atoms with Crippen LogP contribution in [0.15, 0.2) is 42.5 Å². The normalized spacial score (nSPS) is 18.9. The van der Waals surface area contributed by atoms with Crippen LogP contribution in [0.3, 0.4) is 0 Å². The Morgan fingerprint density at radius 3 is 2.36 bits per heavy atom. The molecule has 0 radical (unpaired) electrons. The van der Waals surface area contributed by atoms with Crippen LogP contribution in [0.25, 0.3) is 11.3 Å². The van der Waals surface area contributed by atoms with Crippen molar-refractivity contribution in [3.8, 4) is 34.3 Å². The van der Waals surface area contributed by atoms with E-state index in [2.05, 4.69) is 10.3 Å². The highest BCUT2D eigenvalue weighted by Crippen LogP contribution is 2.50. The third-order valence-electron chi connectivity index (χ3n) is 8.15. The molecule has 8 nitrogen and oxygen atoms in total. The number of aliphatic hydroxyl groups is 1. The standard InChI is InChI=1S/C32H34F4N2O6/c1-4-14-43-29-24(41-2)15-20(16-25(29)42-3)23(39)10-12-31(40,32(34,35)36)26-17-22-28(44-18-30(22)11-5-13-37-30)27(38-26)19-6-8-21(33)9-7-19/h6-9,15-17,37,40H,4-5,10-14,18H2,1-3H3. The van der Waals surface area contributed by atoms with Crippen molar-refractivity contribution < 1.29 is 46.4 Å². The Labute approximate surface area is 252 Å². The van der Waals surface area contributed by atoms with Gasteiger partial charge in [0.2, 0.25) is 11.4 Å². The lowest BCUT2D eigenvalue weighted by molar-refractivity contribution is -0.270. The monoisotopic (exact) mass is 618 g/mol. The number of Topliss-reactive ketones (excluding diaryl/α,β-unsaturated/α-hetero) is 1. The fourth-order valence-electron chi connectivity index (χ4n) is 5.72. The van der Waals surface area contributed by atoms with Gasteiger partial charge in [0.15, 0.2) is 23.0 Å². The number of nitrogens with zero attached hydrogens (tertiary/aromatic N) is 1. The Bertz CT molecular complexity index is 1500. The van der Waals surface area contributed by atoms with Gasteiger partial charge in [0.1, 0.15) is 18.1 Å². The number of halogens is 4. The van der Waals surface area contributed by atoms with Gasteiger partial charge in [0.05, 0.1) is 32.1 Å². The number of alkyl halides is 3. The molecule has 2 aromatic carbocycles. The van der Waals surface area contributed by atoms with Gasteiger partial charge in [-0.1, -0.05) is 6.92 Å². The minimum Gasteiger partial charge on any atom is -0.493 e. The van der Waals surface area contributed by atoms with Crippen LogP contribution in [-0.2, 0) is 11.1 Å². The van der Waals surface area contributed by atoms with Crippen LogP contribution < -0.4 is 24.3 Å². The molecule has 2 aliphatic rings. The molecule has 1 spiro atoms. The number of pyridine rings is 1. The van der Waals surface area contributed by atoms with Gasteiger partial charge >= 0.3 is 6.18 Å². The van der Waals surface area contributed by atoms with Gasteiger partial charge in [-0.05, 0) is 74.7 Å². The number of aromatic nitrogens is 1. The van der Waals surface area contributed by atoms with Crippen LogP contribution >= 0.6 is 0 Å². The minimum atomic E-state index is -5.20. The van der Waals surface area contributed by atoms with E-state index in [1.54, 1.807) is 0 Å². The first kappa shape index (κ1) is 31.5.